The molecular weight excluding hydrogens is 260 g/mol. The normalized spacial score (nSPS) is 10.3. The highest BCUT2D eigenvalue weighted by Gasteiger charge is 2.07. The van der Waals surface area contributed by atoms with Gasteiger partial charge in [0.25, 0.3) is 0 Å². The average Bonchev–Trinajstić information content (AvgIpc) is 2.35. The highest BCUT2D eigenvalue weighted by Crippen LogP contribution is 2.19. The number of nitrogens with zero attached hydrogens (tertiary/aromatic N) is 1. The Kier molecular flexibility index (Phi) is 6.42. The van der Waals surface area contributed by atoms with Crippen LogP contribution in [0.5, 0.6) is 0 Å². The van der Waals surface area contributed by atoms with E-state index in [0.717, 1.165) is 6.42 Å². The first-order valence-electron chi connectivity index (χ1n) is 5.46. The molecule has 0 bridgehead atoms. The lowest BCUT2D eigenvalue weighted by molar-refractivity contribution is 0.0696. The summed E-state index contributed by atoms with van der Waals surface area (Å²) in [7, 11) is 0. The van der Waals surface area contributed by atoms with Crippen molar-refractivity contribution in [2.24, 2.45) is 0 Å². The van der Waals surface area contributed by atoms with Crippen LogP contribution in [0.1, 0.15) is 16.8 Å². The molecule has 0 radical (unpaired) electrons. The average molecular weight is 275 g/mol. The number of carboxylic acid groups (broad SMARTS) is 1. The van der Waals surface area contributed by atoms with Crippen LogP contribution in [0.2, 0.25) is 5.02 Å². The van der Waals surface area contributed by atoms with Crippen molar-refractivity contribution >= 4 is 23.4 Å². The molecule has 0 aliphatic rings. The second-order valence-corrected chi connectivity index (χ2v) is 3.88. The molecule has 0 saturated carbocycles. The Morgan fingerprint density at radius 3 is 2.89 bits per heavy atom. The van der Waals surface area contributed by atoms with Gasteiger partial charge in [0.2, 0.25) is 0 Å². The molecule has 100 valence electrons. The van der Waals surface area contributed by atoms with Crippen molar-refractivity contribution in [1.29, 1.82) is 0 Å². The van der Waals surface area contributed by atoms with E-state index in [9.17, 15) is 4.79 Å². The predicted octanol–water partition coefficient (Wildman–Crippen LogP) is 1.24. The number of halogens is 1. The summed E-state index contributed by atoms with van der Waals surface area (Å²) in [6.07, 6.45) is 1.98. The molecule has 0 amide bonds. The summed E-state index contributed by atoms with van der Waals surface area (Å²) in [5.74, 6) is -0.614. The van der Waals surface area contributed by atoms with Crippen molar-refractivity contribution in [1.82, 2.24) is 4.98 Å². The summed E-state index contributed by atoms with van der Waals surface area (Å²) in [6, 6.07) is 1.35. The second-order valence-electron chi connectivity index (χ2n) is 3.48. The zero-order chi connectivity index (χ0) is 13.4. The third-order valence-electron chi connectivity index (χ3n) is 2.08. The fraction of sp³-hybridized carbons (Fsp3) is 0.455. The molecule has 0 spiro atoms. The maximum Gasteiger partial charge on any atom is 0.337 e. The minimum Gasteiger partial charge on any atom is -0.478 e. The van der Waals surface area contributed by atoms with Crippen LogP contribution < -0.4 is 5.32 Å². The number of ether oxygens (including phenoxy) is 1. The van der Waals surface area contributed by atoms with E-state index in [0.29, 0.717) is 25.6 Å². The van der Waals surface area contributed by atoms with Crippen LogP contribution >= 0.6 is 11.6 Å². The summed E-state index contributed by atoms with van der Waals surface area (Å²) in [4.78, 5) is 14.6. The Balaban J connectivity index is 2.36. The third-order valence-corrected chi connectivity index (χ3v) is 2.37. The smallest absolute Gasteiger partial charge is 0.337 e. The van der Waals surface area contributed by atoms with Crippen LogP contribution in [0.25, 0.3) is 0 Å². The molecule has 1 aromatic heterocycles. The van der Waals surface area contributed by atoms with Crippen LogP contribution in [-0.2, 0) is 4.74 Å². The van der Waals surface area contributed by atoms with Gasteiger partial charge in [0.15, 0.2) is 0 Å². The van der Waals surface area contributed by atoms with Gasteiger partial charge >= 0.3 is 5.97 Å². The number of hydrogen-bond donors (Lipinski definition) is 3. The molecule has 18 heavy (non-hydrogen) atoms. The topological polar surface area (TPSA) is 91.7 Å². The van der Waals surface area contributed by atoms with Gasteiger partial charge in [0.1, 0.15) is 5.82 Å². The minimum absolute atomic E-state index is 0.0114. The van der Waals surface area contributed by atoms with Crippen LogP contribution in [0.15, 0.2) is 12.3 Å². The van der Waals surface area contributed by atoms with E-state index in [4.69, 9.17) is 26.6 Å². The number of anilines is 1. The molecule has 6 nitrogen and oxygen atoms in total. The van der Waals surface area contributed by atoms with Gasteiger partial charge in [-0.25, -0.2) is 9.78 Å². The number of pyridine rings is 1. The summed E-state index contributed by atoms with van der Waals surface area (Å²) < 4.78 is 5.08. The number of aromatic carboxylic acids is 1. The number of nitrogens with one attached hydrogen (secondary N) is 1. The van der Waals surface area contributed by atoms with E-state index in [1.807, 2.05) is 0 Å². The molecule has 0 atom stereocenters. The largest absolute Gasteiger partial charge is 0.478 e. The van der Waals surface area contributed by atoms with Gasteiger partial charge in [-0.3, -0.25) is 0 Å². The highest BCUT2D eigenvalue weighted by atomic mass is 35.5. The predicted molar refractivity (Wildman–Crippen MR) is 67.2 cm³/mol. The standard InChI is InChI=1S/C11H15ClN2O4/c12-9-6-8(11(16)17)7-14-10(9)13-2-1-4-18-5-3-15/h6-7,15H,1-5H2,(H,13,14)(H,16,17). The van der Waals surface area contributed by atoms with Crippen molar-refractivity contribution in [2.45, 2.75) is 6.42 Å². The van der Waals surface area contributed by atoms with Crippen molar-refractivity contribution in [2.75, 3.05) is 31.7 Å². The molecule has 0 fully saturated rings. The number of carboxylic acids is 1. The molecule has 0 saturated heterocycles. The molecule has 1 heterocycles. The number of carbonyl (C=O) groups is 1. The summed E-state index contributed by atoms with van der Waals surface area (Å²) in [6.45, 7) is 1.47. The summed E-state index contributed by atoms with van der Waals surface area (Å²) in [5, 5.41) is 20.5. The van der Waals surface area contributed by atoms with Gasteiger partial charge < -0.3 is 20.3 Å². The highest BCUT2D eigenvalue weighted by molar-refractivity contribution is 6.33. The Hall–Kier alpha value is -1.37. The van der Waals surface area contributed by atoms with Gasteiger partial charge in [0.05, 0.1) is 23.8 Å². The first-order valence-corrected chi connectivity index (χ1v) is 5.84. The lowest BCUT2D eigenvalue weighted by atomic mass is 10.3. The molecule has 1 aromatic rings. The zero-order valence-corrected chi connectivity index (χ0v) is 10.5. The fourth-order valence-corrected chi connectivity index (χ4v) is 1.47. The van der Waals surface area contributed by atoms with E-state index in [-0.39, 0.29) is 17.2 Å². The zero-order valence-electron chi connectivity index (χ0n) is 9.73. The van der Waals surface area contributed by atoms with Crippen molar-refractivity contribution in [3.05, 3.63) is 22.8 Å². The molecule has 7 heteroatoms. The van der Waals surface area contributed by atoms with E-state index in [1.54, 1.807) is 0 Å². The van der Waals surface area contributed by atoms with Crippen LogP contribution in [-0.4, -0.2) is 47.5 Å². The van der Waals surface area contributed by atoms with Gasteiger partial charge in [-0.2, -0.15) is 0 Å². The molecule has 0 aromatic carbocycles. The Bertz CT molecular complexity index is 401. The molecule has 0 aliphatic carbocycles. The first kappa shape index (κ1) is 14.7. The van der Waals surface area contributed by atoms with Gasteiger partial charge in [-0.1, -0.05) is 11.6 Å². The molecule has 0 unspecified atom stereocenters. The molecular formula is C11H15ClN2O4. The number of hydrogen-bond acceptors (Lipinski definition) is 5. The van der Waals surface area contributed by atoms with Gasteiger partial charge in [-0.05, 0) is 12.5 Å². The monoisotopic (exact) mass is 274 g/mol. The SMILES string of the molecule is O=C(O)c1cnc(NCCCOCCO)c(Cl)c1. The van der Waals surface area contributed by atoms with E-state index in [2.05, 4.69) is 10.3 Å². The molecule has 1 rings (SSSR count). The van der Waals surface area contributed by atoms with Gasteiger partial charge in [-0.15, -0.1) is 0 Å². The number of aliphatic hydroxyl groups excluding tert-OH is 1. The molecule has 0 aliphatic heterocycles. The Morgan fingerprint density at radius 1 is 1.50 bits per heavy atom. The summed E-state index contributed by atoms with van der Waals surface area (Å²) >= 11 is 5.88. The van der Waals surface area contributed by atoms with E-state index >= 15 is 0 Å². The van der Waals surface area contributed by atoms with Gasteiger partial charge in [0, 0.05) is 19.3 Å². The fourth-order valence-electron chi connectivity index (χ4n) is 1.23. The summed E-state index contributed by atoms with van der Waals surface area (Å²) in [5.41, 5.74) is 0.0526. The molecule has 3 N–H and O–H groups in total. The number of aliphatic hydroxyl groups is 1. The first-order chi connectivity index (χ1) is 8.65. The van der Waals surface area contributed by atoms with Crippen molar-refractivity contribution in [3.63, 3.8) is 0 Å². The maximum absolute atomic E-state index is 10.7. The van der Waals surface area contributed by atoms with Crippen LogP contribution in [0.3, 0.4) is 0 Å². The van der Waals surface area contributed by atoms with Crippen molar-refractivity contribution in [3.8, 4) is 0 Å². The Morgan fingerprint density at radius 2 is 2.28 bits per heavy atom. The lowest BCUT2D eigenvalue weighted by Gasteiger charge is -2.08. The van der Waals surface area contributed by atoms with E-state index < -0.39 is 5.97 Å². The van der Waals surface area contributed by atoms with Crippen LogP contribution in [0.4, 0.5) is 5.82 Å². The number of aromatic nitrogens is 1. The number of rotatable bonds is 8. The van der Waals surface area contributed by atoms with E-state index in [1.165, 1.54) is 12.3 Å². The van der Waals surface area contributed by atoms with Crippen LogP contribution in [0, 0.1) is 0 Å². The lowest BCUT2D eigenvalue weighted by Crippen LogP contribution is -2.09. The second kappa shape index (κ2) is 7.86. The Labute approximate surface area is 110 Å². The minimum atomic E-state index is -1.06. The maximum atomic E-state index is 10.7. The van der Waals surface area contributed by atoms with Crippen molar-refractivity contribution < 1.29 is 19.7 Å². The third kappa shape index (κ3) is 4.87. The quantitative estimate of drug-likeness (QED) is 0.618.